The first-order valence-corrected chi connectivity index (χ1v) is 7.99. The van der Waals surface area contributed by atoms with Gasteiger partial charge in [-0.2, -0.15) is 0 Å². The molecule has 3 nitrogen and oxygen atoms in total. The summed E-state index contributed by atoms with van der Waals surface area (Å²) in [5.74, 6) is 0.156. The lowest BCUT2D eigenvalue weighted by molar-refractivity contribution is 0.0453. The highest BCUT2D eigenvalue weighted by molar-refractivity contribution is 5.94. The molecule has 22 heavy (non-hydrogen) atoms. The lowest BCUT2D eigenvalue weighted by Crippen LogP contribution is -2.52. The minimum atomic E-state index is 0.156. The van der Waals surface area contributed by atoms with Crippen LogP contribution in [0, 0.1) is 0 Å². The fourth-order valence-corrected chi connectivity index (χ4v) is 3.68. The summed E-state index contributed by atoms with van der Waals surface area (Å²) >= 11 is 0. The second-order valence-electron chi connectivity index (χ2n) is 6.12. The zero-order chi connectivity index (χ0) is 14.9. The van der Waals surface area contributed by atoms with Gasteiger partial charge in [-0.3, -0.25) is 9.69 Å². The van der Waals surface area contributed by atoms with Gasteiger partial charge in [-0.15, -0.1) is 0 Å². The highest BCUT2D eigenvalue weighted by atomic mass is 16.2. The van der Waals surface area contributed by atoms with E-state index in [1.165, 1.54) is 11.1 Å². The number of fused-ring (bicyclic) bond motifs is 3. The Bertz CT molecular complexity index is 683. The molecule has 0 aliphatic carbocycles. The van der Waals surface area contributed by atoms with Gasteiger partial charge in [0.25, 0.3) is 5.91 Å². The Morgan fingerprint density at radius 1 is 0.909 bits per heavy atom. The first-order chi connectivity index (χ1) is 10.8. The average molecular weight is 292 g/mol. The van der Waals surface area contributed by atoms with Gasteiger partial charge in [0.15, 0.2) is 0 Å². The topological polar surface area (TPSA) is 23.6 Å². The van der Waals surface area contributed by atoms with Gasteiger partial charge >= 0.3 is 0 Å². The molecular weight excluding hydrogens is 272 g/mol. The van der Waals surface area contributed by atoms with Crippen molar-refractivity contribution in [3.8, 4) is 0 Å². The van der Waals surface area contributed by atoms with Crippen LogP contribution in [0.25, 0.3) is 0 Å². The third-order valence-electron chi connectivity index (χ3n) is 4.88. The van der Waals surface area contributed by atoms with Crippen molar-refractivity contribution >= 4 is 5.91 Å². The molecule has 2 heterocycles. The fraction of sp³-hybridized carbons (Fsp3) is 0.316. The number of hydrogen-bond acceptors (Lipinski definition) is 2. The molecule has 0 spiro atoms. The number of piperazine rings is 1. The third kappa shape index (κ3) is 2.32. The van der Waals surface area contributed by atoms with Crippen molar-refractivity contribution in [1.82, 2.24) is 9.80 Å². The van der Waals surface area contributed by atoms with Crippen molar-refractivity contribution < 1.29 is 4.79 Å². The van der Waals surface area contributed by atoms with E-state index in [4.69, 9.17) is 0 Å². The Balaban J connectivity index is 1.59. The first-order valence-electron chi connectivity index (χ1n) is 7.99. The molecule has 0 aromatic heterocycles. The summed E-state index contributed by atoms with van der Waals surface area (Å²) in [6, 6.07) is 18.7. The van der Waals surface area contributed by atoms with Crippen LogP contribution in [0.2, 0.25) is 0 Å². The smallest absolute Gasteiger partial charge is 0.253 e. The van der Waals surface area contributed by atoms with E-state index >= 15 is 0 Å². The first kappa shape index (κ1) is 13.5. The van der Waals surface area contributed by atoms with E-state index in [2.05, 4.69) is 29.2 Å². The van der Waals surface area contributed by atoms with Crippen molar-refractivity contribution in [3.05, 3.63) is 71.3 Å². The van der Waals surface area contributed by atoms with Crippen LogP contribution in [0.15, 0.2) is 54.6 Å². The molecule has 0 unspecified atom stereocenters. The van der Waals surface area contributed by atoms with Gasteiger partial charge in [0.05, 0.1) is 6.04 Å². The largest absolute Gasteiger partial charge is 0.335 e. The highest BCUT2D eigenvalue weighted by Crippen LogP contribution is 2.32. The van der Waals surface area contributed by atoms with Gasteiger partial charge < -0.3 is 4.90 Å². The fourth-order valence-electron chi connectivity index (χ4n) is 3.68. The Labute approximate surface area is 131 Å². The second kappa shape index (κ2) is 5.58. The molecule has 2 aromatic rings. The SMILES string of the molecule is O=C(c1ccccc1)N1CCN2CCc3ccccc3[C@@H]2C1. The monoisotopic (exact) mass is 292 g/mol. The summed E-state index contributed by atoms with van der Waals surface area (Å²) < 4.78 is 0. The van der Waals surface area contributed by atoms with E-state index in [1.807, 2.05) is 35.2 Å². The number of rotatable bonds is 1. The molecule has 1 amide bonds. The van der Waals surface area contributed by atoms with Gasteiger partial charge in [0.2, 0.25) is 0 Å². The number of hydrogen-bond donors (Lipinski definition) is 0. The predicted molar refractivity (Wildman–Crippen MR) is 86.8 cm³/mol. The maximum absolute atomic E-state index is 12.7. The van der Waals surface area contributed by atoms with Crippen LogP contribution >= 0.6 is 0 Å². The van der Waals surface area contributed by atoms with Crippen LogP contribution in [-0.4, -0.2) is 41.9 Å². The number of carbonyl (C=O) groups excluding carboxylic acids is 1. The van der Waals surface area contributed by atoms with E-state index in [0.29, 0.717) is 6.04 Å². The maximum atomic E-state index is 12.7. The van der Waals surface area contributed by atoms with E-state index < -0.39 is 0 Å². The molecule has 1 atom stereocenters. The number of benzene rings is 2. The summed E-state index contributed by atoms with van der Waals surface area (Å²) in [6.45, 7) is 3.70. The van der Waals surface area contributed by atoms with Crippen molar-refractivity contribution in [1.29, 1.82) is 0 Å². The van der Waals surface area contributed by atoms with E-state index in [-0.39, 0.29) is 5.91 Å². The molecule has 2 aliphatic heterocycles. The van der Waals surface area contributed by atoms with E-state index in [0.717, 1.165) is 38.2 Å². The molecule has 1 fully saturated rings. The van der Waals surface area contributed by atoms with Gasteiger partial charge in [0.1, 0.15) is 0 Å². The third-order valence-corrected chi connectivity index (χ3v) is 4.88. The maximum Gasteiger partial charge on any atom is 0.253 e. The molecule has 4 rings (SSSR count). The normalized spacial score (nSPS) is 21.1. The summed E-state index contributed by atoms with van der Waals surface area (Å²) in [4.78, 5) is 17.2. The molecule has 2 aromatic carbocycles. The van der Waals surface area contributed by atoms with Gasteiger partial charge in [0, 0.05) is 31.7 Å². The average Bonchev–Trinajstić information content (AvgIpc) is 2.61. The molecular formula is C19H20N2O. The molecule has 3 heteroatoms. The summed E-state index contributed by atoms with van der Waals surface area (Å²) in [5.41, 5.74) is 3.64. The zero-order valence-corrected chi connectivity index (χ0v) is 12.6. The molecule has 0 bridgehead atoms. The highest BCUT2D eigenvalue weighted by Gasteiger charge is 2.34. The van der Waals surface area contributed by atoms with E-state index in [9.17, 15) is 4.79 Å². The van der Waals surface area contributed by atoms with Gasteiger partial charge in [-0.1, -0.05) is 42.5 Å². The minimum absolute atomic E-state index is 0.156. The van der Waals surface area contributed by atoms with Crippen LogP contribution in [0.4, 0.5) is 0 Å². The predicted octanol–water partition coefficient (Wildman–Crippen LogP) is 2.74. The Morgan fingerprint density at radius 2 is 1.68 bits per heavy atom. The second-order valence-corrected chi connectivity index (χ2v) is 6.12. The minimum Gasteiger partial charge on any atom is -0.335 e. The molecule has 2 aliphatic rings. The Morgan fingerprint density at radius 3 is 2.55 bits per heavy atom. The standard InChI is InChI=1S/C19H20N2O/c22-19(16-7-2-1-3-8-16)21-13-12-20-11-10-15-6-4-5-9-17(15)18(20)14-21/h1-9,18H,10-14H2/t18-/m0/s1. The number of nitrogens with zero attached hydrogens (tertiary/aromatic N) is 2. The van der Waals surface area contributed by atoms with Crippen molar-refractivity contribution in [2.45, 2.75) is 12.5 Å². The molecule has 1 saturated heterocycles. The molecule has 0 saturated carbocycles. The molecule has 0 N–H and O–H groups in total. The summed E-state index contributed by atoms with van der Waals surface area (Å²) in [6.07, 6.45) is 1.12. The van der Waals surface area contributed by atoms with E-state index in [1.54, 1.807) is 0 Å². The van der Waals surface area contributed by atoms with Crippen LogP contribution in [0.3, 0.4) is 0 Å². The summed E-state index contributed by atoms with van der Waals surface area (Å²) in [5, 5.41) is 0. The van der Waals surface area contributed by atoms with Crippen LogP contribution in [0.5, 0.6) is 0 Å². The number of amides is 1. The van der Waals surface area contributed by atoms with Crippen molar-refractivity contribution in [2.24, 2.45) is 0 Å². The molecule has 0 radical (unpaired) electrons. The zero-order valence-electron chi connectivity index (χ0n) is 12.6. The molecule has 112 valence electrons. The van der Waals surface area contributed by atoms with Crippen LogP contribution in [0.1, 0.15) is 27.5 Å². The Hall–Kier alpha value is -2.13. The summed E-state index contributed by atoms with van der Waals surface area (Å²) in [7, 11) is 0. The van der Waals surface area contributed by atoms with Crippen LogP contribution < -0.4 is 0 Å². The van der Waals surface area contributed by atoms with Crippen molar-refractivity contribution in [2.75, 3.05) is 26.2 Å². The lowest BCUT2D eigenvalue weighted by atomic mass is 9.91. The van der Waals surface area contributed by atoms with Gasteiger partial charge in [-0.25, -0.2) is 0 Å². The Kier molecular flexibility index (Phi) is 3.43. The van der Waals surface area contributed by atoms with Crippen molar-refractivity contribution in [3.63, 3.8) is 0 Å². The lowest BCUT2D eigenvalue weighted by Gasteiger charge is -2.44. The van der Waals surface area contributed by atoms with Crippen LogP contribution in [-0.2, 0) is 6.42 Å². The number of carbonyl (C=O) groups is 1. The quantitative estimate of drug-likeness (QED) is 0.807. The van der Waals surface area contributed by atoms with Gasteiger partial charge in [-0.05, 0) is 29.7 Å².